The Morgan fingerprint density at radius 1 is 1.07 bits per heavy atom. The molecule has 0 atom stereocenters. The van der Waals surface area contributed by atoms with Crippen LogP contribution >= 0.6 is 0 Å². The molecule has 1 N–H and O–H groups in total. The lowest BCUT2D eigenvalue weighted by Gasteiger charge is -2.26. The van der Waals surface area contributed by atoms with Gasteiger partial charge >= 0.3 is 0 Å². The Morgan fingerprint density at radius 3 is 2.53 bits per heavy atom. The molecule has 1 aliphatic rings. The number of nitrogens with one attached hydrogen (secondary N) is 1. The summed E-state index contributed by atoms with van der Waals surface area (Å²) in [6.07, 6.45) is 5.27. The molecule has 0 aliphatic carbocycles. The second-order valence-electron chi connectivity index (χ2n) is 4.26. The Hall–Kier alpha value is -0.120. The molecule has 1 aliphatic heterocycles. The SMILES string of the molecule is CCCCCNCCCN1CCOCC1. The maximum atomic E-state index is 5.31. The maximum absolute atomic E-state index is 5.31. The number of nitrogens with zero attached hydrogens (tertiary/aromatic N) is 1. The van der Waals surface area contributed by atoms with Crippen LogP contribution in [0.3, 0.4) is 0 Å². The van der Waals surface area contributed by atoms with Gasteiger partial charge in [0, 0.05) is 13.1 Å². The van der Waals surface area contributed by atoms with Gasteiger partial charge in [0.1, 0.15) is 0 Å². The van der Waals surface area contributed by atoms with E-state index in [1.54, 1.807) is 0 Å². The first-order valence-electron chi connectivity index (χ1n) is 6.44. The molecule has 1 heterocycles. The fourth-order valence-corrected chi connectivity index (χ4v) is 1.88. The zero-order chi connectivity index (χ0) is 10.8. The van der Waals surface area contributed by atoms with E-state index in [1.807, 2.05) is 0 Å². The first kappa shape index (κ1) is 12.9. The molecule has 0 radical (unpaired) electrons. The van der Waals surface area contributed by atoms with Crippen LogP contribution in [0.1, 0.15) is 32.6 Å². The van der Waals surface area contributed by atoms with Crippen molar-refractivity contribution < 1.29 is 4.74 Å². The topological polar surface area (TPSA) is 24.5 Å². The molecule has 0 aromatic carbocycles. The summed E-state index contributed by atoms with van der Waals surface area (Å²) in [4.78, 5) is 2.50. The number of rotatable bonds is 8. The Labute approximate surface area is 94.2 Å². The van der Waals surface area contributed by atoms with E-state index in [4.69, 9.17) is 4.74 Å². The van der Waals surface area contributed by atoms with Crippen molar-refractivity contribution >= 4 is 0 Å². The fraction of sp³-hybridized carbons (Fsp3) is 1.00. The summed E-state index contributed by atoms with van der Waals surface area (Å²) >= 11 is 0. The molecule has 1 fully saturated rings. The quantitative estimate of drug-likeness (QED) is 0.620. The van der Waals surface area contributed by atoms with Crippen LogP contribution in [-0.4, -0.2) is 50.8 Å². The van der Waals surface area contributed by atoms with Crippen molar-refractivity contribution in [2.75, 3.05) is 45.9 Å². The Balaban J connectivity index is 1.79. The van der Waals surface area contributed by atoms with E-state index in [-0.39, 0.29) is 0 Å². The molecule has 0 aromatic heterocycles. The summed E-state index contributed by atoms with van der Waals surface area (Å²) in [6.45, 7) is 9.92. The minimum absolute atomic E-state index is 0.921. The minimum atomic E-state index is 0.921. The number of hydrogen-bond acceptors (Lipinski definition) is 3. The van der Waals surface area contributed by atoms with Crippen molar-refractivity contribution in [2.24, 2.45) is 0 Å². The molecule has 3 nitrogen and oxygen atoms in total. The molecule has 1 saturated heterocycles. The maximum Gasteiger partial charge on any atom is 0.0594 e. The lowest BCUT2D eigenvalue weighted by Crippen LogP contribution is -2.37. The fourth-order valence-electron chi connectivity index (χ4n) is 1.88. The van der Waals surface area contributed by atoms with E-state index in [0.29, 0.717) is 0 Å². The van der Waals surface area contributed by atoms with Crippen molar-refractivity contribution in [1.29, 1.82) is 0 Å². The highest BCUT2D eigenvalue weighted by Gasteiger charge is 2.08. The number of morpholine rings is 1. The van der Waals surface area contributed by atoms with E-state index in [0.717, 1.165) is 26.3 Å². The van der Waals surface area contributed by atoms with Gasteiger partial charge in [0.25, 0.3) is 0 Å². The molecule has 1 rings (SSSR count). The van der Waals surface area contributed by atoms with Gasteiger partial charge in [-0.25, -0.2) is 0 Å². The number of ether oxygens (including phenoxy) is 1. The van der Waals surface area contributed by atoms with Gasteiger partial charge in [-0.2, -0.15) is 0 Å². The molecular formula is C12H26N2O. The van der Waals surface area contributed by atoms with Gasteiger partial charge in [-0.3, -0.25) is 4.90 Å². The molecule has 0 amide bonds. The highest BCUT2D eigenvalue weighted by molar-refractivity contribution is 4.62. The zero-order valence-corrected chi connectivity index (χ0v) is 10.1. The van der Waals surface area contributed by atoms with Crippen LogP contribution in [0, 0.1) is 0 Å². The number of unbranched alkanes of at least 4 members (excludes halogenated alkanes) is 2. The summed E-state index contributed by atoms with van der Waals surface area (Å²) in [5.41, 5.74) is 0. The first-order valence-corrected chi connectivity index (χ1v) is 6.44. The van der Waals surface area contributed by atoms with E-state index in [1.165, 1.54) is 45.3 Å². The summed E-state index contributed by atoms with van der Waals surface area (Å²) in [6, 6.07) is 0. The van der Waals surface area contributed by atoms with E-state index < -0.39 is 0 Å². The van der Waals surface area contributed by atoms with Gasteiger partial charge in [-0.15, -0.1) is 0 Å². The number of hydrogen-bond donors (Lipinski definition) is 1. The van der Waals surface area contributed by atoms with Gasteiger partial charge in [0.2, 0.25) is 0 Å². The minimum Gasteiger partial charge on any atom is -0.379 e. The van der Waals surface area contributed by atoms with Crippen LogP contribution < -0.4 is 5.32 Å². The van der Waals surface area contributed by atoms with Gasteiger partial charge in [-0.1, -0.05) is 19.8 Å². The van der Waals surface area contributed by atoms with Crippen LogP contribution in [0.5, 0.6) is 0 Å². The van der Waals surface area contributed by atoms with E-state index in [9.17, 15) is 0 Å². The predicted octanol–water partition coefficient (Wildman–Crippen LogP) is 1.49. The van der Waals surface area contributed by atoms with Crippen LogP contribution in [-0.2, 0) is 4.74 Å². The van der Waals surface area contributed by atoms with Crippen LogP contribution in [0.2, 0.25) is 0 Å². The smallest absolute Gasteiger partial charge is 0.0594 e. The third kappa shape index (κ3) is 6.88. The van der Waals surface area contributed by atoms with E-state index >= 15 is 0 Å². The molecule has 0 aromatic rings. The van der Waals surface area contributed by atoms with Gasteiger partial charge < -0.3 is 10.1 Å². The normalized spacial score (nSPS) is 18.2. The Morgan fingerprint density at radius 2 is 1.80 bits per heavy atom. The van der Waals surface area contributed by atoms with Crippen molar-refractivity contribution in [2.45, 2.75) is 32.6 Å². The second kappa shape index (κ2) is 9.13. The molecule has 0 unspecified atom stereocenters. The Bertz CT molecular complexity index is 136. The highest BCUT2D eigenvalue weighted by Crippen LogP contribution is 1.97. The summed E-state index contributed by atoms with van der Waals surface area (Å²) in [5, 5.41) is 3.50. The average Bonchev–Trinajstić information content (AvgIpc) is 2.29. The van der Waals surface area contributed by atoms with Gasteiger partial charge in [0.15, 0.2) is 0 Å². The summed E-state index contributed by atoms with van der Waals surface area (Å²) in [5.74, 6) is 0. The second-order valence-corrected chi connectivity index (χ2v) is 4.26. The predicted molar refractivity (Wildman–Crippen MR) is 64.3 cm³/mol. The Kier molecular flexibility index (Phi) is 7.88. The standard InChI is InChI=1S/C12H26N2O/c1-2-3-4-6-13-7-5-8-14-9-11-15-12-10-14/h13H,2-12H2,1H3. The molecular weight excluding hydrogens is 188 g/mol. The molecule has 0 saturated carbocycles. The lowest BCUT2D eigenvalue weighted by molar-refractivity contribution is 0.0374. The molecule has 0 spiro atoms. The average molecular weight is 214 g/mol. The van der Waals surface area contributed by atoms with Crippen LogP contribution in [0.15, 0.2) is 0 Å². The van der Waals surface area contributed by atoms with E-state index in [2.05, 4.69) is 17.1 Å². The van der Waals surface area contributed by atoms with Crippen molar-refractivity contribution in [1.82, 2.24) is 10.2 Å². The molecule has 15 heavy (non-hydrogen) atoms. The largest absolute Gasteiger partial charge is 0.379 e. The van der Waals surface area contributed by atoms with Gasteiger partial charge in [0.05, 0.1) is 13.2 Å². The van der Waals surface area contributed by atoms with Gasteiger partial charge in [-0.05, 0) is 32.5 Å². The molecule has 90 valence electrons. The summed E-state index contributed by atoms with van der Waals surface area (Å²) in [7, 11) is 0. The molecule has 0 bridgehead atoms. The third-order valence-electron chi connectivity index (χ3n) is 2.89. The van der Waals surface area contributed by atoms with Crippen molar-refractivity contribution in [3.63, 3.8) is 0 Å². The van der Waals surface area contributed by atoms with Crippen molar-refractivity contribution in [3.05, 3.63) is 0 Å². The zero-order valence-electron chi connectivity index (χ0n) is 10.1. The first-order chi connectivity index (χ1) is 7.43. The lowest BCUT2D eigenvalue weighted by atomic mass is 10.2. The third-order valence-corrected chi connectivity index (χ3v) is 2.89. The van der Waals surface area contributed by atoms with Crippen LogP contribution in [0.25, 0.3) is 0 Å². The monoisotopic (exact) mass is 214 g/mol. The molecule has 3 heteroatoms. The van der Waals surface area contributed by atoms with Crippen molar-refractivity contribution in [3.8, 4) is 0 Å². The highest BCUT2D eigenvalue weighted by atomic mass is 16.5. The summed E-state index contributed by atoms with van der Waals surface area (Å²) < 4.78 is 5.31. The van der Waals surface area contributed by atoms with Crippen LogP contribution in [0.4, 0.5) is 0 Å².